The second-order valence-corrected chi connectivity index (χ2v) is 9.95. The Morgan fingerprint density at radius 1 is 1.15 bits per heavy atom. The molecule has 0 bridgehead atoms. The topological polar surface area (TPSA) is 80.5 Å². The molecule has 0 atom stereocenters. The fourth-order valence-corrected chi connectivity index (χ4v) is 4.48. The van der Waals surface area contributed by atoms with Crippen LogP contribution in [0.3, 0.4) is 0 Å². The van der Waals surface area contributed by atoms with Crippen molar-refractivity contribution in [2.24, 2.45) is 0 Å². The van der Waals surface area contributed by atoms with Gasteiger partial charge in [0.05, 0.1) is 0 Å². The van der Waals surface area contributed by atoms with Crippen molar-refractivity contribution < 1.29 is 13.9 Å². The number of hydrogen-bond acceptors (Lipinski definition) is 6. The van der Waals surface area contributed by atoms with Crippen LogP contribution in [0.4, 0.5) is 4.79 Å². The minimum absolute atomic E-state index is 0.155. The highest BCUT2D eigenvalue weighted by Gasteiger charge is 2.23. The van der Waals surface area contributed by atoms with Gasteiger partial charge < -0.3 is 14.5 Å². The summed E-state index contributed by atoms with van der Waals surface area (Å²) in [5.74, 6) is 0.776. The van der Waals surface area contributed by atoms with Gasteiger partial charge in [-0.05, 0) is 68.8 Å². The van der Waals surface area contributed by atoms with Gasteiger partial charge in [-0.2, -0.15) is 0 Å². The van der Waals surface area contributed by atoms with Crippen LogP contribution in [0.25, 0.3) is 33.2 Å². The highest BCUT2D eigenvalue weighted by molar-refractivity contribution is 5.96. The van der Waals surface area contributed by atoms with Gasteiger partial charge in [-0.25, -0.2) is 9.78 Å². The fraction of sp³-hybridized carbons (Fsp3) is 0.370. The lowest BCUT2D eigenvalue weighted by Gasteiger charge is -2.32. The van der Waals surface area contributed by atoms with E-state index in [-0.39, 0.29) is 12.1 Å². The Labute approximate surface area is 199 Å². The van der Waals surface area contributed by atoms with Gasteiger partial charge in [-0.3, -0.25) is 9.88 Å². The van der Waals surface area contributed by atoms with Gasteiger partial charge >= 0.3 is 6.09 Å². The average Bonchev–Trinajstić information content (AvgIpc) is 3.23. The number of alkyl carbamates (subject to hydrolysis) is 1. The third-order valence-corrected chi connectivity index (χ3v) is 6.10. The number of fused-ring (bicyclic) bond motifs is 2. The van der Waals surface area contributed by atoms with E-state index in [2.05, 4.69) is 38.4 Å². The molecule has 0 saturated carbocycles. The molecule has 3 aromatic heterocycles. The van der Waals surface area contributed by atoms with E-state index in [1.807, 2.05) is 51.4 Å². The molecule has 0 unspecified atom stereocenters. The SMILES string of the molecule is CC(C)(C)OC(=O)NC1CCN(Cc2ccc3cncc(-c4cc5cccnc5o4)c3c2)CC1. The van der Waals surface area contributed by atoms with Crippen LogP contribution >= 0.6 is 0 Å². The lowest BCUT2D eigenvalue weighted by atomic mass is 10.0. The first-order valence-electron chi connectivity index (χ1n) is 11.8. The van der Waals surface area contributed by atoms with Crippen LogP contribution in [-0.4, -0.2) is 45.7 Å². The number of hydrogen-bond donors (Lipinski definition) is 1. The molecule has 1 amide bonds. The summed E-state index contributed by atoms with van der Waals surface area (Å²) in [6.45, 7) is 8.36. The molecule has 1 aliphatic rings. The molecule has 1 saturated heterocycles. The van der Waals surface area contributed by atoms with Crippen molar-refractivity contribution in [1.82, 2.24) is 20.2 Å². The van der Waals surface area contributed by atoms with Crippen LogP contribution in [0.1, 0.15) is 39.2 Å². The van der Waals surface area contributed by atoms with Gasteiger partial charge in [-0.1, -0.05) is 12.1 Å². The quantitative estimate of drug-likeness (QED) is 0.433. The minimum Gasteiger partial charge on any atom is -0.444 e. The van der Waals surface area contributed by atoms with Crippen molar-refractivity contribution in [3.05, 3.63) is 60.6 Å². The van der Waals surface area contributed by atoms with Crippen molar-refractivity contribution in [1.29, 1.82) is 0 Å². The number of aromatic nitrogens is 2. The fourth-order valence-electron chi connectivity index (χ4n) is 4.48. The highest BCUT2D eigenvalue weighted by atomic mass is 16.6. The number of benzene rings is 1. The Hall–Kier alpha value is -3.45. The number of likely N-dealkylation sites (tertiary alicyclic amines) is 1. The third-order valence-electron chi connectivity index (χ3n) is 6.10. The zero-order chi connectivity index (χ0) is 23.7. The number of nitrogens with one attached hydrogen (secondary N) is 1. The number of rotatable bonds is 4. The third kappa shape index (κ3) is 5.04. The van der Waals surface area contributed by atoms with Crippen LogP contribution in [-0.2, 0) is 11.3 Å². The number of amides is 1. The van der Waals surface area contributed by atoms with Gasteiger partial charge in [0, 0.05) is 60.6 Å². The molecule has 1 aromatic carbocycles. The largest absolute Gasteiger partial charge is 0.444 e. The van der Waals surface area contributed by atoms with Crippen LogP contribution in [0.15, 0.2) is 59.4 Å². The maximum Gasteiger partial charge on any atom is 0.407 e. The molecule has 1 fully saturated rings. The van der Waals surface area contributed by atoms with E-state index >= 15 is 0 Å². The number of nitrogens with zero attached hydrogens (tertiary/aromatic N) is 3. The van der Waals surface area contributed by atoms with E-state index in [0.29, 0.717) is 5.71 Å². The molecule has 0 radical (unpaired) electrons. The smallest absolute Gasteiger partial charge is 0.407 e. The molecule has 176 valence electrons. The van der Waals surface area contributed by atoms with Crippen LogP contribution < -0.4 is 5.32 Å². The molecule has 5 rings (SSSR count). The molecule has 7 heteroatoms. The summed E-state index contributed by atoms with van der Waals surface area (Å²) in [6, 6.07) is 12.6. The Kier molecular flexibility index (Phi) is 5.96. The molecule has 0 spiro atoms. The van der Waals surface area contributed by atoms with Crippen LogP contribution in [0, 0.1) is 0 Å². The molecule has 1 N–H and O–H groups in total. The maximum absolute atomic E-state index is 12.1. The summed E-state index contributed by atoms with van der Waals surface area (Å²) in [4.78, 5) is 23.2. The molecule has 4 heterocycles. The van der Waals surface area contributed by atoms with Crippen molar-refractivity contribution >= 4 is 28.0 Å². The Balaban J connectivity index is 1.28. The summed E-state index contributed by atoms with van der Waals surface area (Å²) in [7, 11) is 0. The summed E-state index contributed by atoms with van der Waals surface area (Å²) < 4.78 is 11.4. The average molecular weight is 459 g/mol. The molecular formula is C27H30N4O3. The lowest BCUT2D eigenvalue weighted by molar-refractivity contribution is 0.0477. The number of piperidine rings is 1. The number of carbonyl (C=O) groups is 1. The Morgan fingerprint density at radius 2 is 1.97 bits per heavy atom. The molecule has 34 heavy (non-hydrogen) atoms. The highest BCUT2D eigenvalue weighted by Crippen LogP contribution is 2.32. The van der Waals surface area contributed by atoms with Gasteiger partial charge in [0.15, 0.2) is 0 Å². The maximum atomic E-state index is 12.1. The van der Waals surface area contributed by atoms with Gasteiger partial charge in [-0.15, -0.1) is 0 Å². The van der Waals surface area contributed by atoms with E-state index in [0.717, 1.165) is 60.0 Å². The molecule has 4 aromatic rings. The first kappa shape index (κ1) is 22.3. The normalized spacial score (nSPS) is 15.6. The summed E-state index contributed by atoms with van der Waals surface area (Å²) in [5, 5.41) is 6.19. The summed E-state index contributed by atoms with van der Waals surface area (Å²) in [5.41, 5.74) is 2.37. The number of furan rings is 1. The van der Waals surface area contributed by atoms with Gasteiger partial charge in [0.2, 0.25) is 5.71 Å². The second-order valence-electron chi connectivity index (χ2n) is 9.95. The first-order valence-corrected chi connectivity index (χ1v) is 11.8. The number of pyridine rings is 2. The molecule has 0 aliphatic carbocycles. The van der Waals surface area contributed by atoms with E-state index in [4.69, 9.17) is 9.15 Å². The van der Waals surface area contributed by atoms with Crippen LogP contribution in [0.5, 0.6) is 0 Å². The van der Waals surface area contributed by atoms with Crippen molar-refractivity contribution in [3.8, 4) is 11.3 Å². The van der Waals surface area contributed by atoms with Gasteiger partial charge in [0.1, 0.15) is 11.4 Å². The summed E-state index contributed by atoms with van der Waals surface area (Å²) in [6.07, 6.45) is 6.97. The van der Waals surface area contributed by atoms with E-state index in [1.54, 1.807) is 6.20 Å². The second kappa shape index (κ2) is 9.06. The van der Waals surface area contributed by atoms with E-state index < -0.39 is 5.60 Å². The number of carbonyl (C=O) groups excluding carboxylic acids is 1. The van der Waals surface area contributed by atoms with Crippen molar-refractivity contribution in [2.45, 2.75) is 51.8 Å². The lowest BCUT2D eigenvalue weighted by Crippen LogP contribution is -2.45. The predicted molar refractivity (Wildman–Crippen MR) is 132 cm³/mol. The summed E-state index contributed by atoms with van der Waals surface area (Å²) >= 11 is 0. The number of ether oxygens (including phenoxy) is 1. The van der Waals surface area contributed by atoms with Crippen molar-refractivity contribution in [3.63, 3.8) is 0 Å². The first-order chi connectivity index (χ1) is 16.3. The molecule has 1 aliphatic heterocycles. The zero-order valence-electron chi connectivity index (χ0n) is 19.9. The Bertz CT molecular complexity index is 1280. The molecular weight excluding hydrogens is 428 g/mol. The van der Waals surface area contributed by atoms with Crippen molar-refractivity contribution in [2.75, 3.05) is 13.1 Å². The van der Waals surface area contributed by atoms with E-state index in [9.17, 15) is 4.79 Å². The molecule has 7 nitrogen and oxygen atoms in total. The van der Waals surface area contributed by atoms with E-state index in [1.165, 1.54) is 5.56 Å². The zero-order valence-corrected chi connectivity index (χ0v) is 19.9. The minimum atomic E-state index is -0.478. The van der Waals surface area contributed by atoms with Crippen LogP contribution in [0.2, 0.25) is 0 Å². The Morgan fingerprint density at radius 3 is 2.74 bits per heavy atom. The predicted octanol–water partition coefficient (Wildman–Crippen LogP) is 5.53. The standard InChI is InChI=1S/C27H30N4O3/c1-27(2,3)34-26(32)30-21-8-11-31(12-9-21)17-18-6-7-20-15-28-16-23(22(20)13-18)24-14-19-5-4-10-29-25(19)33-24/h4-7,10,13-16,21H,8-9,11-12,17H2,1-3H3,(H,30,32). The monoisotopic (exact) mass is 458 g/mol. The van der Waals surface area contributed by atoms with Gasteiger partial charge in [0.25, 0.3) is 0 Å².